The van der Waals surface area contributed by atoms with E-state index in [0.717, 1.165) is 11.4 Å². The van der Waals surface area contributed by atoms with E-state index in [2.05, 4.69) is 20.3 Å². The third kappa shape index (κ3) is 2.77. The Bertz CT molecular complexity index is 424. The van der Waals surface area contributed by atoms with Crippen molar-refractivity contribution in [3.05, 3.63) is 29.2 Å². The van der Waals surface area contributed by atoms with Crippen molar-refractivity contribution in [3.8, 4) is 0 Å². The standard InChI is InChI=1S/C8H11N5O.ClH/c1-5-2-6(12-11-5)3-8-10-7(4-9)13-14-8;/h2H,3-4,9H2,1H3,(H,11,12);1H. The fraction of sp³-hybridized carbons (Fsp3) is 0.375. The number of H-pyrrole nitrogens is 1. The van der Waals surface area contributed by atoms with Crippen LogP contribution in [0.2, 0.25) is 0 Å². The zero-order valence-electron chi connectivity index (χ0n) is 8.23. The van der Waals surface area contributed by atoms with E-state index in [4.69, 9.17) is 10.3 Å². The molecular weight excluding hydrogens is 218 g/mol. The molecule has 15 heavy (non-hydrogen) atoms. The lowest BCUT2D eigenvalue weighted by Crippen LogP contribution is -1.98. The third-order valence-corrected chi connectivity index (χ3v) is 1.78. The molecule has 6 nitrogen and oxygen atoms in total. The number of aryl methyl sites for hydroxylation is 1. The topological polar surface area (TPSA) is 93.6 Å². The lowest BCUT2D eigenvalue weighted by molar-refractivity contribution is 0.378. The summed E-state index contributed by atoms with van der Waals surface area (Å²) in [4.78, 5) is 4.08. The van der Waals surface area contributed by atoms with Gasteiger partial charge < -0.3 is 10.3 Å². The predicted molar refractivity (Wildman–Crippen MR) is 55.6 cm³/mol. The molecule has 2 aromatic rings. The maximum atomic E-state index is 5.35. The van der Waals surface area contributed by atoms with Crippen LogP contribution in [0, 0.1) is 6.92 Å². The number of hydrogen-bond acceptors (Lipinski definition) is 5. The highest BCUT2D eigenvalue weighted by atomic mass is 35.5. The quantitative estimate of drug-likeness (QED) is 0.803. The molecule has 0 radical (unpaired) electrons. The van der Waals surface area contributed by atoms with Gasteiger partial charge in [-0.2, -0.15) is 10.1 Å². The Morgan fingerprint density at radius 1 is 1.53 bits per heavy atom. The molecule has 0 atom stereocenters. The van der Waals surface area contributed by atoms with Gasteiger partial charge in [-0.15, -0.1) is 12.4 Å². The van der Waals surface area contributed by atoms with E-state index >= 15 is 0 Å². The van der Waals surface area contributed by atoms with Crippen LogP contribution in [0.4, 0.5) is 0 Å². The summed E-state index contributed by atoms with van der Waals surface area (Å²) in [7, 11) is 0. The molecule has 82 valence electrons. The molecule has 0 fully saturated rings. The molecule has 2 rings (SSSR count). The van der Waals surface area contributed by atoms with Crippen LogP contribution in [-0.4, -0.2) is 20.3 Å². The number of hydrogen-bond donors (Lipinski definition) is 2. The van der Waals surface area contributed by atoms with Gasteiger partial charge in [-0.05, 0) is 13.0 Å². The molecule has 0 aliphatic heterocycles. The van der Waals surface area contributed by atoms with Crippen molar-refractivity contribution in [1.82, 2.24) is 20.3 Å². The van der Waals surface area contributed by atoms with Gasteiger partial charge in [-0.3, -0.25) is 5.10 Å². The number of aromatic amines is 1. The molecule has 0 spiro atoms. The van der Waals surface area contributed by atoms with Crippen LogP contribution in [0.1, 0.15) is 23.1 Å². The van der Waals surface area contributed by atoms with Crippen molar-refractivity contribution < 1.29 is 4.52 Å². The highest BCUT2D eigenvalue weighted by Crippen LogP contribution is 2.05. The van der Waals surface area contributed by atoms with Crippen molar-refractivity contribution in [1.29, 1.82) is 0 Å². The fourth-order valence-corrected chi connectivity index (χ4v) is 1.16. The van der Waals surface area contributed by atoms with Crippen LogP contribution in [-0.2, 0) is 13.0 Å². The first-order valence-electron chi connectivity index (χ1n) is 4.30. The molecule has 2 heterocycles. The summed E-state index contributed by atoms with van der Waals surface area (Å²) < 4.78 is 4.97. The zero-order chi connectivity index (χ0) is 9.97. The Labute approximate surface area is 92.7 Å². The zero-order valence-corrected chi connectivity index (χ0v) is 9.04. The number of aromatic nitrogens is 4. The molecule has 0 saturated heterocycles. The monoisotopic (exact) mass is 229 g/mol. The Hall–Kier alpha value is -1.40. The second kappa shape index (κ2) is 4.90. The Kier molecular flexibility index (Phi) is 3.81. The SMILES string of the molecule is Cc1cc(Cc2nc(CN)no2)n[nH]1.Cl. The van der Waals surface area contributed by atoms with E-state index in [0.29, 0.717) is 24.7 Å². The molecule has 7 heteroatoms. The maximum Gasteiger partial charge on any atom is 0.232 e. The average Bonchev–Trinajstić information content (AvgIpc) is 2.76. The van der Waals surface area contributed by atoms with Crippen LogP contribution < -0.4 is 5.73 Å². The molecule has 0 aliphatic carbocycles. The highest BCUT2D eigenvalue weighted by Gasteiger charge is 2.07. The average molecular weight is 230 g/mol. The first-order valence-corrected chi connectivity index (χ1v) is 4.30. The van der Waals surface area contributed by atoms with Gasteiger partial charge in [0.15, 0.2) is 5.82 Å². The second-order valence-corrected chi connectivity index (χ2v) is 3.03. The van der Waals surface area contributed by atoms with Gasteiger partial charge in [0.1, 0.15) is 0 Å². The van der Waals surface area contributed by atoms with Gasteiger partial charge in [-0.25, -0.2) is 0 Å². The lowest BCUT2D eigenvalue weighted by Gasteiger charge is -1.86. The molecule has 3 N–H and O–H groups in total. The molecular formula is C8H12ClN5O. The first kappa shape index (κ1) is 11.7. The number of nitrogens with two attached hydrogens (primary N) is 1. The summed E-state index contributed by atoms with van der Waals surface area (Å²) in [6, 6.07) is 1.94. The van der Waals surface area contributed by atoms with E-state index in [1.807, 2.05) is 13.0 Å². The van der Waals surface area contributed by atoms with Gasteiger partial charge in [0.05, 0.1) is 18.7 Å². The molecule has 2 aromatic heterocycles. The number of rotatable bonds is 3. The summed E-state index contributed by atoms with van der Waals surface area (Å²) >= 11 is 0. The number of nitrogens with one attached hydrogen (secondary N) is 1. The van der Waals surface area contributed by atoms with Gasteiger partial charge >= 0.3 is 0 Å². The highest BCUT2D eigenvalue weighted by molar-refractivity contribution is 5.85. The molecule has 0 unspecified atom stereocenters. The van der Waals surface area contributed by atoms with Crippen LogP contribution in [0.3, 0.4) is 0 Å². The van der Waals surface area contributed by atoms with E-state index < -0.39 is 0 Å². The predicted octanol–water partition coefficient (Wildman–Crippen LogP) is 0.572. The van der Waals surface area contributed by atoms with Gasteiger partial charge in [0.25, 0.3) is 0 Å². The first-order chi connectivity index (χ1) is 6.78. The van der Waals surface area contributed by atoms with E-state index in [1.165, 1.54) is 0 Å². The van der Waals surface area contributed by atoms with Crippen molar-refractivity contribution >= 4 is 12.4 Å². The minimum Gasteiger partial charge on any atom is -0.339 e. The van der Waals surface area contributed by atoms with Crippen LogP contribution in [0.5, 0.6) is 0 Å². The fourth-order valence-electron chi connectivity index (χ4n) is 1.16. The van der Waals surface area contributed by atoms with Crippen LogP contribution in [0.25, 0.3) is 0 Å². The smallest absolute Gasteiger partial charge is 0.232 e. The maximum absolute atomic E-state index is 5.35. The minimum atomic E-state index is 0. The third-order valence-electron chi connectivity index (χ3n) is 1.78. The normalized spacial score (nSPS) is 10.0. The van der Waals surface area contributed by atoms with Crippen molar-refractivity contribution in [2.24, 2.45) is 5.73 Å². The number of nitrogens with zero attached hydrogens (tertiary/aromatic N) is 3. The summed E-state index contributed by atoms with van der Waals surface area (Å²) in [5.74, 6) is 1.06. The van der Waals surface area contributed by atoms with E-state index in [1.54, 1.807) is 0 Å². The molecule has 0 aliphatic rings. The molecule has 0 amide bonds. The van der Waals surface area contributed by atoms with E-state index in [9.17, 15) is 0 Å². The van der Waals surface area contributed by atoms with Gasteiger partial charge in [-0.1, -0.05) is 5.16 Å². The molecule has 0 aromatic carbocycles. The second-order valence-electron chi connectivity index (χ2n) is 3.03. The Balaban J connectivity index is 0.00000112. The van der Waals surface area contributed by atoms with Crippen molar-refractivity contribution in [2.75, 3.05) is 0 Å². The van der Waals surface area contributed by atoms with Crippen molar-refractivity contribution in [2.45, 2.75) is 19.9 Å². The van der Waals surface area contributed by atoms with Gasteiger partial charge in [0, 0.05) is 5.69 Å². The largest absolute Gasteiger partial charge is 0.339 e. The van der Waals surface area contributed by atoms with Crippen LogP contribution in [0.15, 0.2) is 10.6 Å². The van der Waals surface area contributed by atoms with Gasteiger partial charge in [0.2, 0.25) is 5.89 Å². The molecule has 0 saturated carbocycles. The lowest BCUT2D eigenvalue weighted by atomic mass is 10.3. The Morgan fingerprint density at radius 2 is 2.33 bits per heavy atom. The minimum absolute atomic E-state index is 0. The summed E-state index contributed by atoms with van der Waals surface area (Å²) in [5, 5.41) is 10.6. The Morgan fingerprint density at radius 3 is 2.87 bits per heavy atom. The molecule has 0 bridgehead atoms. The summed E-state index contributed by atoms with van der Waals surface area (Å²) in [6.07, 6.45) is 0.539. The summed E-state index contributed by atoms with van der Waals surface area (Å²) in [6.45, 7) is 2.23. The summed E-state index contributed by atoms with van der Waals surface area (Å²) in [5.41, 5.74) is 7.25. The van der Waals surface area contributed by atoms with E-state index in [-0.39, 0.29) is 12.4 Å². The number of halogens is 1. The van der Waals surface area contributed by atoms with Crippen molar-refractivity contribution in [3.63, 3.8) is 0 Å². The van der Waals surface area contributed by atoms with Crippen LogP contribution >= 0.6 is 12.4 Å².